The van der Waals surface area contributed by atoms with Gasteiger partial charge in [0.15, 0.2) is 5.96 Å². The number of hydrogen-bond donors (Lipinski definition) is 1. The van der Waals surface area contributed by atoms with E-state index in [4.69, 9.17) is 4.74 Å². The van der Waals surface area contributed by atoms with Gasteiger partial charge in [-0.2, -0.15) is 0 Å². The molecular weight excluding hydrogens is 429 g/mol. The van der Waals surface area contributed by atoms with Crippen molar-refractivity contribution < 1.29 is 4.74 Å². The summed E-state index contributed by atoms with van der Waals surface area (Å²) in [6, 6.07) is 6.07. The van der Waals surface area contributed by atoms with Gasteiger partial charge < -0.3 is 19.9 Å². The van der Waals surface area contributed by atoms with Crippen LogP contribution in [0, 0.1) is 0 Å². The van der Waals surface area contributed by atoms with Gasteiger partial charge in [0.25, 0.3) is 0 Å². The first-order chi connectivity index (χ1) is 11.8. The molecule has 0 unspecified atom stereocenters. The number of ether oxygens (including phenoxy) is 1. The zero-order chi connectivity index (χ0) is 17.0. The van der Waals surface area contributed by atoms with Crippen LogP contribution in [0.1, 0.15) is 26.2 Å². The molecule has 0 radical (unpaired) electrons. The van der Waals surface area contributed by atoms with Crippen molar-refractivity contribution >= 4 is 35.8 Å². The van der Waals surface area contributed by atoms with Crippen LogP contribution in [0.3, 0.4) is 0 Å². The van der Waals surface area contributed by atoms with Crippen LogP contribution in [0.15, 0.2) is 29.4 Å². The third kappa shape index (κ3) is 7.77. The van der Waals surface area contributed by atoms with E-state index >= 15 is 0 Å². The minimum atomic E-state index is 0. The van der Waals surface area contributed by atoms with Gasteiger partial charge in [-0.3, -0.25) is 4.99 Å². The lowest BCUT2D eigenvalue weighted by Crippen LogP contribution is -2.52. The van der Waals surface area contributed by atoms with Crippen molar-refractivity contribution in [1.82, 2.24) is 15.2 Å². The number of pyridine rings is 1. The van der Waals surface area contributed by atoms with Crippen LogP contribution >= 0.6 is 24.0 Å². The van der Waals surface area contributed by atoms with Crippen molar-refractivity contribution in [2.45, 2.75) is 26.2 Å². The number of anilines is 1. The predicted molar refractivity (Wildman–Crippen MR) is 115 cm³/mol. The van der Waals surface area contributed by atoms with Crippen LogP contribution in [0.4, 0.5) is 5.82 Å². The highest BCUT2D eigenvalue weighted by Crippen LogP contribution is 2.12. The Bertz CT molecular complexity index is 478. The minimum absolute atomic E-state index is 0. The van der Waals surface area contributed by atoms with Gasteiger partial charge >= 0.3 is 0 Å². The van der Waals surface area contributed by atoms with Crippen molar-refractivity contribution in [3.05, 3.63) is 24.4 Å². The zero-order valence-corrected chi connectivity index (χ0v) is 17.8. The molecule has 142 valence electrons. The Morgan fingerprint density at radius 2 is 1.96 bits per heavy atom. The fourth-order valence-electron chi connectivity index (χ4n) is 2.74. The molecule has 1 aliphatic heterocycles. The van der Waals surface area contributed by atoms with E-state index in [0.717, 1.165) is 70.6 Å². The van der Waals surface area contributed by atoms with E-state index < -0.39 is 0 Å². The molecule has 0 spiro atoms. The number of nitrogens with zero attached hydrogens (tertiary/aromatic N) is 4. The quantitative estimate of drug-likeness (QED) is 0.279. The number of unbranched alkanes of at least 4 members (excludes halogenated alkanes) is 1. The molecule has 0 bridgehead atoms. The van der Waals surface area contributed by atoms with E-state index in [1.165, 1.54) is 6.42 Å². The molecule has 7 heteroatoms. The van der Waals surface area contributed by atoms with Crippen LogP contribution < -0.4 is 10.2 Å². The lowest BCUT2D eigenvalue weighted by molar-refractivity contribution is 0.129. The maximum Gasteiger partial charge on any atom is 0.193 e. The zero-order valence-electron chi connectivity index (χ0n) is 15.5. The van der Waals surface area contributed by atoms with Gasteiger partial charge in [-0.1, -0.05) is 19.4 Å². The summed E-state index contributed by atoms with van der Waals surface area (Å²) >= 11 is 0. The van der Waals surface area contributed by atoms with E-state index in [0.29, 0.717) is 0 Å². The largest absolute Gasteiger partial charge is 0.381 e. The first kappa shape index (κ1) is 22.0. The fraction of sp³-hybridized carbons (Fsp3) is 0.667. The Hall–Kier alpha value is -1.09. The summed E-state index contributed by atoms with van der Waals surface area (Å²) in [5.41, 5.74) is 0. The second kappa shape index (κ2) is 13.2. The standard InChI is InChI=1S/C18H31N5O.HI/c1-3-4-15-24-16-7-10-21-18(19-2)23-13-11-22(12-14-23)17-8-5-6-9-20-17;/h5-6,8-9H,3-4,7,10-16H2,1-2H3,(H,19,21);1H. The Morgan fingerprint density at radius 1 is 1.20 bits per heavy atom. The van der Waals surface area contributed by atoms with Gasteiger partial charge in [-0.05, 0) is 25.0 Å². The van der Waals surface area contributed by atoms with Crippen LogP contribution in [0.5, 0.6) is 0 Å². The monoisotopic (exact) mass is 461 g/mol. The number of hydrogen-bond acceptors (Lipinski definition) is 4. The van der Waals surface area contributed by atoms with Crippen LogP contribution in [0.25, 0.3) is 0 Å². The smallest absolute Gasteiger partial charge is 0.193 e. The molecular formula is C18H32IN5O. The van der Waals surface area contributed by atoms with Crippen LogP contribution in [-0.4, -0.2) is 68.8 Å². The van der Waals surface area contributed by atoms with Crippen molar-refractivity contribution in [2.75, 3.05) is 57.9 Å². The van der Waals surface area contributed by atoms with E-state index in [-0.39, 0.29) is 24.0 Å². The van der Waals surface area contributed by atoms with Crippen molar-refractivity contribution in [1.29, 1.82) is 0 Å². The summed E-state index contributed by atoms with van der Waals surface area (Å²) in [6.45, 7) is 8.64. The molecule has 0 aromatic carbocycles. The van der Waals surface area contributed by atoms with Gasteiger partial charge in [-0.25, -0.2) is 4.98 Å². The number of aromatic nitrogens is 1. The number of piperazine rings is 1. The van der Waals surface area contributed by atoms with Crippen LogP contribution in [-0.2, 0) is 4.74 Å². The van der Waals surface area contributed by atoms with Gasteiger partial charge in [0.05, 0.1) is 0 Å². The Labute approximate surface area is 169 Å². The molecule has 0 saturated carbocycles. The lowest BCUT2D eigenvalue weighted by Gasteiger charge is -2.37. The number of aliphatic imine (C=N–C) groups is 1. The molecule has 0 atom stereocenters. The average molecular weight is 461 g/mol. The molecule has 1 saturated heterocycles. The van der Waals surface area contributed by atoms with Gasteiger partial charge in [0.1, 0.15) is 5.82 Å². The molecule has 1 aromatic rings. The van der Waals surface area contributed by atoms with Crippen LogP contribution in [0.2, 0.25) is 0 Å². The first-order valence-corrected chi connectivity index (χ1v) is 9.04. The highest BCUT2D eigenvalue weighted by atomic mass is 127. The molecule has 1 fully saturated rings. The molecule has 25 heavy (non-hydrogen) atoms. The second-order valence-electron chi connectivity index (χ2n) is 5.96. The van der Waals surface area contributed by atoms with Crippen molar-refractivity contribution in [3.8, 4) is 0 Å². The maximum atomic E-state index is 5.59. The maximum absolute atomic E-state index is 5.59. The highest BCUT2D eigenvalue weighted by Gasteiger charge is 2.19. The Morgan fingerprint density at radius 3 is 2.60 bits per heavy atom. The average Bonchev–Trinajstić information content (AvgIpc) is 2.65. The summed E-state index contributed by atoms with van der Waals surface area (Å²) in [7, 11) is 1.85. The molecule has 0 amide bonds. The summed E-state index contributed by atoms with van der Waals surface area (Å²) < 4.78 is 5.59. The lowest BCUT2D eigenvalue weighted by atomic mass is 10.3. The third-order valence-electron chi connectivity index (χ3n) is 4.16. The van der Waals surface area contributed by atoms with Gasteiger partial charge in [0, 0.05) is 59.2 Å². The van der Waals surface area contributed by atoms with E-state index in [1.807, 2.05) is 25.4 Å². The Kier molecular flexibility index (Phi) is 11.6. The normalized spacial score (nSPS) is 15.0. The highest BCUT2D eigenvalue weighted by molar-refractivity contribution is 14.0. The second-order valence-corrected chi connectivity index (χ2v) is 5.96. The topological polar surface area (TPSA) is 53.0 Å². The number of halogens is 1. The minimum Gasteiger partial charge on any atom is -0.381 e. The first-order valence-electron chi connectivity index (χ1n) is 9.04. The Balaban J connectivity index is 0.00000312. The summed E-state index contributed by atoms with van der Waals surface area (Å²) in [5, 5.41) is 3.45. The molecule has 0 aliphatic carbocycles. The van der Waals surface area contributed by atoms with Gasteiger partial charge in [-0.15, -0.1) is 24.0 Å². The molecule has 2 heterocycles. The van der Waals surface area contributed by atoms with E-state index in [9.17, 15) is 0 Å². The molecule has 1 aliphatic rings. The number of guanidine groups is 1. The summed E-state index contributed by atoms with van der Waals surface area (Å²) in [5.74, 6) is 2.05. The summed E-state index contributed by atoms with van der Waals surface area (Å²) in [6.07, 6.45) is 5.20. The van der Waals surface area contributed by atoms with E-state index in [1.54, 1.807) is 0 Å². The molecule has 6 nitrogen and oxygen atoms in total. The molecule has 2 rings (SSSR count). The van der Waals surface area contributed by atoms with E-state index in [2.05, 4.69) is 38.1 Å². The van der Waals surface area contributed by atoms with Gasteiger partial charge in [0.2, 0.25) is 0 Å². The predicted octanol–water partition coefficient (Wildman–Crippen LogP) is 2.60. The fourth-order valence-corrected chi connectivity index (χ4v) is 2.74. The number of rotatable bonds is 8. The number of nitrogens with one attached hydrogen (secondary N) is 1. The van der Waals surface area contributed by atoms with Crippen molar-refractivity contribution in [2.24, 2.45) is 4.99 Å². The molecule has 1 N–H and O–H groups in total. The SMILES string of the molecule is CCCCOCCCNC(=NC)N1CCN(c2ccccn2)CC1.I. The third-order valence-corrected chi connectivity index (χ3v) is 4.16. The summed E-state index contributed by atoms with van der Waals surface area (Å²) in [4.78, 5) is 13.5. The van der Waals surface area contributed by atoms with Crippen molar-refractivity contribution in [3.63, 3.8) is 0 Å². The molecule has 1 aromatic heterocycles.